The minimum Gasteiger partial charge on any atom is -0.481 e. The van der Waals surface area contributed by atoms with Crippen molar-refractivity contribution in [2.75, 3.05) is 13.1 Å². The van der Waals surface area contributed by atoms with Gasteiger partial charge < -0.3 is 10.0 Å². The van der Waals surface area contributed by atoms with E-state index in [4.69, 9.17) is 5.11 Å². The Bertz CT molecular complexity index is 535. The maximum absolute atomic E-state index is 12.5. The lowest BCUT2D eigenvalue weighted by Gasteiger charge is -2.32. The maximum atomic E-state index is 12.5. The van der Waals surface area contributed by atoms with E-state index in [1.165, 1.54) is 0 Å². The smallest absolute Gasteiger partial charge is 0.303 e. The molecule has 0 aliphatic carbocycles. The summed E-state index contributed by atoms with van der Waals surface area (Å²) in [7, 11) is 0. The molecule has 0 aromatic heterocycles. The van der Waals surface area contributed by atoms with Gasteiger partial charge in [0, 0.05) is 27.6 Å². The highest BCUT2D eigenvalue weighted by molar-refractivity contribution is 14.1. The number of aliphatic carboxylic acids is 1. The molecule has 1 aromatic carbocycles. The molecule has 1 aliphatic rings. The molecule has 1 fully saturated rings. The van der Waals surface area contributed by atoms with Crippen LogP contribution in [0.2, 0.25) is 0 Å². The van der Waals surface area contributed by atoms with Crippen LogP contribution in [0.5, 0.6) is 0 Å². The molecule has 1 heterocycles. The van der Waals surface area contributed by atoms with Crippen LogP contribution >= 0.6 is 38.5 Å². The molecule has 1 aliphatic heterocycles. The Morgan fingerprint density at radius 3 is 2.90 bits per heavy atom. The van der Waals surface area contributed by atoms with Gasteiger partial charge in [-0.25, -0.2) is 0 Å². The van der Waals surface area contributed by atoms with Gasteiger partial charge in [-0.2, -0.15) is 0 Å². The summed E-state index contributed by atoms with van der Waals surface area (Å²) < 4.78 is 1.79. The molecule has 2 rings (SSSR count). The predicted molar refractivity (Wildman–Crippen MR) is 87.7 cm³/mol. The second-order valence-electron chi connectivity index (χ2n) is 4.98. The summed E-state index contributed by atoms with van der Waals surface area (Å²) in [5.41, 5.74) is 0.646. The Balaban J connectivity index is 2.12. The van der Waals surface area contributed by atoms with E-state index in [9.17, 15) is 9.59 Å². The number of carboxylic acid groups (broad SMARTS) is 1. The number of halogens is 2. The first-order valence-electron chi connectivity index (χ1n) is 6.43. The molecule has 1 atom stereocenters. The second-order valence-corrected chi connectivity index (χ2v) is 7.08. The highest BCUT2D eigenvalue weighted by atomic mass is 127. The number of hydrogen-bond acceptors (Lipinski definition) is 2. The first kappa shape index (κ1) is 15.8. The topological polar surface area (TPSA) is 57.6 Å². The molecule has 1 aromatic rings. The van der Waals surface area contributed by atoms with E-state index in [0.29, 0.717) is 18.7 Å². The van der Waals surface area contributed by atoms with E-state index < -0.39 is 5.97 Å². The van der Waals surface area contributed by atoms with Gasteiger partial charge in [0.05, 0.1) is 5.56 Å². The third kappa shape index (κ3) is 3.94. The van der Waals surface area contributed by atoms with Crippen molar-refractivity contribution in [1.29, 1.82) is 0 Å². The molecule has 0 saturated carbocycles. The Morgan fingerprint density at radius 1 is 1.45 bits per heavy atom. The average molecular weight is 452 g/mol. The second kappa shape index (κ2) is 6.89. The van der Waals surface area contributed by atoms with Crippen molar-refractivity contribution in [3.8, 4) is 0 Å². The van der Waals surface area contributed by atoms with Crippen molar-refractivity contribution in [3.63, 3.8) is 0 Å². The van der Waals surface area contributed by atoms with Crippen LogP contribution in [-0.2, 0) is 4.79 Å². The first-order valence-corrected chi connectivity index (χ1v) is 8.30. The number of amides is 1. The van der Waals surface area contributed by atoms with Crippen molar-refractivity contribution >= 4 is 50.4 Å². The molecule has 1 amide bonds. The molecular formula is C14H15BrINO3. The summed E-state index contributed by atoms with van der Waals surface area (Å²) in [6, 6.07) is 5.66. The van der Waals surface area contributed by atoms with E-state index in [-0.39, 0.29) is 18.2 Å². The molecule has 6 heteroatoms. The van der Waals surface area contributed by atoms with E-state index >= 15 is 0 Å². The number of rotatable bonds is 3. The van der Waals surface area contributed by atoms with Gasteiger partial charge >= 0.3 is 5.97 Å². The molecule has 20 heavy (non-hydrogen) atoms. The predicted octanol–water partition coefficient (Wildman–Crippen LogP) is 3.38. The van der Waals surface area contributed by atoms with E-state index in [2.05, 4.69) is 38.5 Å². The number of carbonyl (C=O) groups is 2. The highest BCUT2D eigenvalue weighted by Crippen LogP contribution is 2.25. The van der Waals surface area contributed by atoms with Crippen LogP contribution in [0.15, 0.2) is 22.7 Å². The van der Waals surface area contributed by atoms with Crippen molar-refractivity contribution in [2.45, 2.75) is 19.3 Å². The van der Waals surface area contributed by atoms with E-state index in [1.54, 1.807) is 4.90 Å². The monoisotopic (exact) mass is 451 g/mol. The Kier molecular flexibility index (Phi) is 5.42. The van der Waals surface area contributed by atoms with Crippen LogP contribution in [-0.4, -0.2) is 35.0 Å². The van der Waals surface area contributed by atoms with Crippen LogP contribution in [0.25, 0.3) is 0 Å². The van der Waals surface area contributed by atoms with Gasteiger partial charge in [0.25, 0.3) is 5.91 Å². The lowest BCUT2D eigenvalue weighted by molar-refractivity contribution is -0.138. The highest BCUT2D eigenvalue weighted by Gasteiger charge is 2.26. The Labute approximate surface area is 139 Å². The van der Waals surface area contributed by atoms with E-state index in [1.807, 2.05) is 18.2 Å². The Morgan fingerprint density at radius 2 is 2.20 bits per heavy atom. The zero-order valence-electron chi connectivity index (χ0n) is 10.8. The summed E-state index contributed by atoms with van der Waals surface area (Å²) in [4.78, 5) is 25.1. The van der Waals surface area contributed by atoms with Gasteiger partial charge in [0.1, 0.15) is 0 Å². The third-order valence-corrected chi connectivity index (χ3v) is 4.79. The lowest BCUT2D eigenvalue weighted by Crippen LogP contribution is -2.40. The number of likely N-dealkylation sites (tertiary alicyclic amines) is 1. The maximum Gasteiger partial charge on any atom is 0.303 e. The van der Waals surface area contributed by atoms with Gasteiger partial charge in [-0.3, -0.25) is 9.59 Å². The number of nitrogens with zero attached hydrogens (tertiary/aromatic N) is 1. The summed E-state index contributed by atoms with van der Waals surface area (Å²) in [5, 5.41) is 8.88. The van der Waals surface area contributed by atoms with Gasteiger partial charge in [0.2, 0.25) is 0 Å². The number of benzene rings is 1. The van der Waals surface area contributed by atoms with Crippen LogP contribution in [0.1, 0.15) is 29.6 Å². The summed E-state index contributed by atoms with van der Waals surface area (Å²) in [6.45, 7) is 1.23. The van der Waals surface area contributed by atoms with Crippen molar-refractivity contribution in [2.24, 2.45) is 5.92 Å². The molecule has 1 unspecified atom stereocenters. The van der Waals surface area contributed by atoms with Gasteiger partial charge in [-0.05, 0) is 75.5 Å². The first-order chi connectivity index (χ1) is 9.47. The summed E-state index contributed by atoms with van der Waals surface area (Å²) >= 11 is 5.59. The standard InChI is InChI=1S/C14H15BrINO3/c15-12-4-3-10(16)7-11(12)14(20)17-5-1-2-9(8-17)6-13(18)19/h3-4,7,9H,1-2,5-6,8H2,(H,18,19). The van der Waals surface area contributed by atoms with Crippen molar-refractivity contribution in [1.82, 2.24) is 4.90 Å². The molecule has 1 N–H and O–H groups in total. The zero-order chi connectivity index (χ0) is 14.7. The largest absolute Gasteiger partial charge is 0.481 e. The summed E-state index contributed by atoms with van der Waals surface area (Å²) in [5.74, 6) is -0.753. The van der Waals surface area contributed by atoms with Crippen LogP contribution in [0.4, 0.5) is 0 Å². The SMILES string of the molecule is O=C(O)CC1CCCN(C(=O)c2cc(I)ccc2Br)C1. The minimum absolute atomic E-state index is 0.0227. The molecule has 0 bridgehead atoms. The van der Waals surface area contributed by atoms with Crippen LogP contribution in [0, 0.1) is 9.49 Å². The van der Waals surface area contributed by atoms with E-state index in [0.717, 1.165) is 20.9 Å². The van der Waals surface area contributed by atoms with Crippen molar-refractivity contribution in [3.05, 3.63) is 31.8 Å². The number of hydrogen-bond donors (Lipinski definition) is 1. The summed E-state index contributed by atoms with van der Waals surface area (Å²) in [6.07, 6.45) is 1.88. The average Bonchev–Trinajstić information content (AvgIpc) is 2.40. The van der Waals surface area contributed by atoms with Gasteiger partial charge in [-0.1, -0.05) is 0 Å². The normalized spacial score (nSPS) is 18.9. The van der Waals surface area contributed by atoms with Gasteiger partial charge in [0.15, 0.2) is 0 Å². The molecule has 1 saturated heterocycles. The number of carboxylic acids is 1. The quantitative estimate of drug-likeness (QED) is 0.716. The number of carbonyl (C=O) groups excluding carboxylic acids is 1. The fourth-order valence-corrected chi connectivity index (χ4v) is 3.40. The van der Waals surface area contributed by atoms with Crippen LogP contribution < -0.4 is 0 Å². The number of piperidine rings is 1. The fraction of sp³-hybridized carbons (Fsp3) is 0.429. The molecular weight excluding hydrogens is 437 g/mol. The fourth-order valence-electron chi connectivity index (χ4n) is 2.49. The van der Waals surface area contributed by atoms with Crippen LogP contribution in [0.3, 0.4) is 0 Å². The lowest BCUT2D eigenvalue weighted by atomic mass is 9.94. The molecule has 4 nitrogen and oxygen atoms in total. The minimum atomic E-state index is -0.792. The molecule has 0 spiro atoms. The van der Waals surface area contributed by atoms with Crippen molar-refractivity contribution < 1.29 is 14.7 Å². The zero-order valence-corrected chi connectivity index (χ0v) is 14.6. The third-order valence-electron chi connectivity index (χ3n) is 3.43. The molecule has 0 radical (unpaired) electrons. The van der Waals surface area contributed by atoms with Gasteiger partial charge in [-0.15, -0.1) is 0 Å². The Hall–Kier alpha value is -0.630. The molecule has 108 valence electrons.